The van der Waals surface area contributed by atoms with Crippen LogP contribution >= 0.6 is 11.6 Å². The molecule has 4 nitrogen and oxygen atoms in total. The number of aliphatic hydroxyl groups is 1. The molecule has 2 rings (SSSR count). The smallest absolute Gasteiger partial charge is 0.153 e. The zero-order valence-electron chi connectivity index (χ0n) is 7.26. The monoisotopic (exact) mass is 209 g/mol. The van der Waals surface area contributed by atoms with Crippen LogP contribution in [-0.4, -0.2) is 19.9 Å². The van der Waals surface area contributed by atoms with Crippen molar-refractivity contribution in [2.75, 3.05) is 0 Å². The minimum absolute atomic E-state index is 0.173. The van der Waals surface area contributed by atoms with Crippen molar-refractivity contribution in [2.45, 2.75) is 6.61 Å². The van der Waals surface area contributed by atoms with E-state index < -0.39 is 0 Å². The number of hydrogen-bond donors (Lipinski definition) is 1. The van der Waals surface area contributed by atoms with Gasteiger partial charge in [-0.05, 0) is 18.2 Å². The predicted octanol–water partition coefficient (Wildman–Crippen LogP) is 1.41. The molecule has 0 unspecified atom stereocenters. The van der Waals surface area contributed by atoms with Crippen LogP contribution in [0.5, 0.6) is 0 Å². The van der Waals surface area contributed by atoms with Crippen molar-refractivity contribution in [1.29, 1.82) is 0 Å². The van der Waals surface area contributed by atoms with Crippen LogP contribution in [-0.2, 0) is 6.61 Å². The van der Waals surface area contributed by atoms with Crippen molar-refractivity contribution >= 4 is 11.6 Å². The molecule has 2 aromatic rings. The molecule has 0 saturated heterocycles. The number of halogens is 1. The Morgan fingerprint density at radius 3 is 2.93 bits per heavy atom. The van der Waals surface area contributed by atoms with Gasteiger partial charge in [-0.3, -0.25) is 0 Å². The Morgan fingerprint density at radius 2 is 2.29 bits per heavy atom. The highest BCUT2D eigenvalue weighted by atomic mass is 35.5. The molecule has 0 aliphatic carbocycles. The molecule has 0 aliphatic heterocycles. The van der Waals surface area contributed by atoms with Crippen LogP contribution in [0.15, 0.2) is 30.6 Å². The highest BCUT2D eigenvalue weighted by Crippen LogP contribution is 2.15. The Labute approximate surface area is 85.8 Å². The molecule has 72 valence electrons. The fraction of sp³-hybridized carbons (Fsp3) is 0.111. The summed E-state index contributed by atoms with van der Waals surface area (Å²) < 4.78 is 1.61. The Hall–Kier alpha value is -1.39. The fourth-order valence-corrected chi connectivity index (χ4v) is 1.28. The molecule has 2 aromatic heterocycles. The second kappa shape index (κ2) is 3.77. The van der Waals surface area contributed by atoms with Gasteiger partial charge in [-0.25, -0.2) is 9.67 Å². The van der Waals surface area contributed by atoms with Gasteiger partial charge in [0.25, 0.3) is 0 Å². The molecule has 0 saturated carbocycles. The van der Waals surface area contributed by atoms with Crippen molar-refractivity contribution in [2.24, 2.45) is 0 Å². The predicted molar refractivity (Wildman–Crippen MR) is 52.3 cm³/mol. The largest absolute Gasteiger partial charge is 0.390 e. The molecule has 0 atom stereocenters. The number of aliphatic hydroxyl groups excluding tert-OH is 1. The maximum Gasteiger partial charge on any atom is 0.153 e. The van der Waals surface area contributed by atoms with E-state index in [4.69, 9.17) is 16.7 Å². The first-order chi connectivity index (χ1) is 6.81. The Morgan fingerprint density at radius 1 is 1.43 bits per heavy atom. The lowest BCUT2D eigenvalue weighted by molar-refractivity contribution is 0.277. The lowest BCUT2D eigenvalue weighted by Gasteiger charge is -2.03. The van der Waals surface area contributed by atoms with Gasteiger partial charge in [0.15, 0.2) is 5.82 Å². The summed E-state index contributed by atoms with van der Waals surface area (Å²) in [6.45, 7) is -0.173. The van der Waals surface area contributed by atoms with E-state index in [1.807, 2.05) is 0 Å². The topological polar surface area (TPSA) is 50.9 Å². The molecule has 14 heavy (non-hydrogen) atoms. The first-order valence-corrected chi connectivity index (χ1v) is 4.45. The maximum absolute atomic E-state index is 8.96. The van der Waals surface area contributed by atoms with Gasteiger partial charge in [-0.2, -0.15) is 5.10 Å². The summed E-state index contributed by atoms with van der Waals surface area (Å²) in [7, 11) is 0. The number of rotatable bonds is 2. The third-order valence-corrected chi connectivity index (χ3v) is 2.14. The summed E-state index contributed by atoms with van der Waals surface area (Å²) in [6.07, 6.45) is 3.44. The zero-order valence-corrected chi connectivity index (χ0v) is 8.02. The van der Waals surface area contributed by atoms with Gasteiger partial charge in [0.1, 0.15) is 0 Å². The minimum atomic E-state index is -0.173. The van der Waals surface area contributed by atoms with Crippen LogP contribution in [0.1, 0.15) is 5.69 Å². The summed E-state index contributed by atoms with van der Waals surface area (Å²) >= 11 is 5.81. The molecule has 0 fully saturated rings. The van der Waals surface area contributed by atoms with E-state index in [9.17, 15) is 0 Å². The number of aromatic nitrogens is 3. The van der Waals surface area contributed by atoms with Crippen molar-refractivity contribution < 1.29 is 5.11 Å². The number of nitrogens with zero attached hydrogens (tertiary/aromatic N) is 3. The lowest BCUT2D eigenvalue weighted by Crippen LogP contribution is -2.01. The quantitative estimate of drug-likeness (QED) is 0.814. The molecule has 2 heterocycles. The molecular weight excluding hydrogens is 202 g/mol. The molecular formula is C9H8ClN3O. The second-order valence-corrected chi connectivity index (χ2v) is 3.11. The summed E-state index contributed by atoms with van der Waals surface area (Å²) in [5, 5.41) is 13.4. The van der Waals surface area contributed by atoms with Gasteiger partial charge < -0.3 is 5.11 Å². The highest BCUT2D eigenvalue weighted by Gasteiger charge is 2.03. The average molecular weight is 210 g/mol. The van der Waals surface area contributed by atoms with Crippen LogP contribution in [0, 0.1) is 0 Å². The maximum atomic E-state index is 8.96. The molecule has 0 radical (unpaired) electrons. The van der Waals surface area contributed by atoms with E-state index in [2.05, 4.69) is 10.1 Å². The first kappa shape index (κ1) is 9.18. The van der Waals surface area contributed by atoms with Gasteiger partial charge in [0.2, 0.25) is 0 Å². The summed E-state index contributed by atoms with van der Waals surface area (Å²) in [5.74, 6) is 0.642. The van der Waals surface area contributed by atoms with Crippen LogP contribution in [0.2, 0.25) is 5.02 Å². The number of hydrogen-bond acceptors (Lipinski definition) is 3. The minimum Gasteiger partial charge on any atom is -0.390 e. The van der Waals surface area contributed by atoms with Gasteiger partial charge in [-0.1, -0.05) is 11.6 Å². The van der Waals surface area contributed by atoms with E-state index in [1.54, 1.807) is 35.3 Å². The molecule has 0 amide bonds. The highest BCUT2D eigenvalue weighted by molar-refractivity contribution is 6.31. The fourth-order valence-electron chi connectivity index (χ4n) is 1.12. The van der Waals surface area contributed by atoms with Crippen LogP contribution in [0.25, 0.3) is 5.82 Å². The van der Waals surface area contributed by atoms with Crippen LogP contribution in [0.3, 0.4) is 0 Å². The number of pyridine rings is 1. The van der Waals surface area contributed by atoms with E-state index in [1.165, 1.54) is 0 Å². The normalized spacial score (nSPS) is 10.4. The Bertz CT molecular complexity index is 428. The SMILES string of the molecule is OCc1nc(-n2cccn2)ccc1Cl. The van der Waals surface area contributed by atoms with Crippen LogP contribution in [0.4, 0.5) is 0 Å². The summed E-state index contributed by atoms with van der Waals surface area (Å²) in [6, 6.07) is 5.24. The molecule has 0 aliphatic rings. The molecule has 0 spiro atoms. The molecule has 5 heteroatoms. The van der Waals surface area contributed by atoms with Gasteiger partial charge >= 0.3 is 0 Å². The van der Waals surface area contributed by atoms with Crippen molar-refractivity contribution in [3.05, 3.63) is 41.3 Å². The molecule has 1 N–H and O–H groups in total. The standard InChI is InChI=1S/C9H8ClN3O/c10-7-2-3-9(12-8(7)6-14)13-5-1-4-11-13/h1-5,14H,6H2. The van der Waals surface area contributed by atoms with E-state index in [0.717, 1.165) is 0 Å². The molecule has 0 aromatic carbocycles. The van der Waals surface area contributed by atoms with Gasteiger partial charge in [-0.15, -0.1) is 0 Å². The van der Waals surface area contributed by atoms with Gasteiger partial charge in [0, 0.05) is 12.4 Å². The van der Waals surface area contributed by atoms with Crippen molar-refractivity contribution in [1.82, 2.24) is 14.8 Å². The third kappa shape index (κ3) is 1.62. The van der Waals surface area contributed by atoms with Crippen LogP contribution < -0.4 is 0 Å². The van der Waals surface area contributed by atoms with E-state index in [0.29, 0.717) is 16.5 Å². The van der Waals surface area contributed by atoms with Crippen molar-refractivity contribution in [3.8, 4) is 5.82 Å². The first-order valence-electron chi connectivity index (χ1n) is 4.07. The Kier molecular flexibility index (Phi) is 2.47. The molecule has 0 bridgehead atoms. The summed E-state index contributed by atoms with van der Waals surface area (Å²) in [5.41, 5.74) is 0.458. The van der Waals surface area contributed by atoms with Gasteiger partial charge in [0.05, 0.1) is 17.3 Å². The third-order valence-electron chi connectivity index (χ3n) is 1.79. The van der Waals surface area contributed by atoms with Crippen molar-refractivity contribution in [3.63, 3.8) is 0 Å². The second-order valence-electron chi connectivity index (χ2n) is 2.71. The lowest BCUT2D eigenvalue weighted by atomic mass is 10.3. The average Bonchev–Trinajstić information content (AvgIpc) is 2.71. The van der Waals surface area contributed by atoms with E-state index >= 15 is 0 Å². The Balaban J connectivity index is 2.46. The van der Waals surface area contributed by atoms with E-state index in [-0.39, 0.29) is 6.61 Å². The zero-order chi connectivity index (χ0) is 9.97. The summed E-state index contributed by atoms with van der Waals surface area (Å²) in [4.78, 5) is 4.15.